The molecule has 3 heterocycles. The van der Waals surface area contributed by atoms with Crippen molar-refractivity contribution >= 4 is 34.2 Å². The van der Waals surface area contributed by atoms with Gasteiger partial charge in [0.05, 0.1) is 23.3 Å². The van der Waals surface area contributed by atoms with Gasteiger partial charge in [0.15, 0.2) is 0 Å². The van der Waals surface area contributed by atoms with Crippen molar-refractivity contribution < 1.29 is 4.74 Å². The second-order valence-electron chi connectivity index (χ2n) is 6.77. The highest BCUT2D eigenvalue weighted by molar-refractivity contribution is 6.31. The van der Waals surface area contributed by atoms with Gasteiger partial charge in [0, 0.05) is 30.4 Å². The number of hydrogen-bond acceptors (Lipinski definition) is 6. The summed E-state index contributed by atoms with van der Waals surface area (Å²) in [6.07, 6.45) is 3.28. The van der Waals surface area contributed by atoms with Gasteiger partial charge < -0.3 is 10.1 Å². The summed E-state index contributed by atoms with van der Waals surface area (Å²) in [7, 11) is 1.63. The lowest BCUT2D eigenvalue weighted by molar-refractivity contribution is 0.181. The molecule has 0 aliphatic heterocycles. The summed E-state index contributed by atoms with van der Waals surface area (Å²) in [5.74, 6) is 1.28. The largest absolute Gasteiger partial charge is 0.378 e. The number of rotatable bonds is 6. The van der Waals surface area contributed by atoms with Gasteiger partial charge in [-0.25, -0.2) is 9.97 Å². The minimum absolute atomic E-state index is 0.395. The van der Waals surface area contributed by atoms with Crippen LogP contribution in [0.5, 0.6) is 0 Å². The first kappa shape index (κ1) is 18.5. The van der Waals surface area contributed by atoms with Crippen LogP contribution in [0.3, 0.4) is 0 Å². The van der Waals surface area contributed by atoms with Gasteiger partial charge >= 0.3 is 0 Å². The van der Waals surface area contributed by atoms with E-state index in [9.17, 15) is 0 Å². The molecular formula is C21H18ClN7O. The van der Waals surface area contributed by atoms with E-state index >= 15 is 0 Å². The number of hydrogen-bond donors (Lipinski definition) is 1. The summed E-state index contributed by atoms with van der Waals surface area (Å²) in [5.41, 5.74) is 4.68. The number of halogens is 1. The number of nitrogens with zero attached hydrogens (tertiary/aromatic N) is 6. The molecule has 0 aliphatic rings. The van der Waals surface area contributed by atoms with Crippen molar-refractivity contribution in [2.24, 2.45) is 0 Å². The van der Waals surface area contributed by atoms with E-state index in [0.717, 1.165) is 33.8 Å². The van der Waals surface area contributed by atoms with Crippen LogP contribution < -0.4 is 5.32 Å². The van der Waals surface area contributed by atoms with Gasteiger partial charge in [-0.3, -0.25) is 4.57 Å². The number of methoxy groups -OCH3 is 1. The van der Waals surface area contributed by atoms with Crippen molar-refractivity contribution in [2.75, 3.05) is 12.4 Å². The topological polar surface area (TPSA) is 82.2 Å². The molecule has 2 aromatic carbocycles. The molecule has 5 rings (SSSR count). The highest BCUT2D eigenvalue weighted by atomic mass is 35.5. The van der Waals surface area contributed by atoms with Crippen LogP contribution in [0.1, 0.15) is 11.3 Å². The molecule has 0 bridgehead atoms. The molecule has 0 radical (unpaired) electrons. The lowest BCUT2D eigenvalue weighted by atomic mass is 10.2. The van der Waals surface area contributed by atoms with Crippen molar-refractivity contribution in [3.05, 3.63) is 77.5 Å². The van der Waals surface area contributed by atoms with Crippen LogP contribution in [0.4, 0.5) is 5.82 Å². The summed E-state index contributed by atoms with van der Waals surface area (Å²) >= 11 is 6.60. The van der Waals surface area contributed by atoms with E-state index in [4.69, 9.17) is 16.3 Å². The first-order valence-corrected chi connectivity index (χ1v) is 9.74. The Kier molecular flexibility index (Phi) is 4.78. The zero-order valence-corrected chi connectivity index (χ0v) is 16.9. The fourth-order valence-electron chi connectivity index (χ4n) is 3.39. The maximum absolute atomic E-state index is 6.60. The standard InChI is InChI=1S/C21H18ClN7O/c1-30-11-15-8-20(29-21(27-15)24-12-26-29)23-10-14-6-7-16(9-17(14)22)28-13-25-18-4-2-3-5-19(18)28/h2-9,12-13,23H,10-11H2,1H3. The maximum atomic E-state index is 6.60. The van der Waals surface area contributed by atoms with Gasteiger partial charge in [0.2, 0.25) is 0 Å². The Balaban J connectivity index is 1.41. The van der Waals surface area contributed by atoms with Gasteiger partial charge in [0.25, 0.3) is 5.78 Å². The average Bonchev–Trinajstić information content (AvgIpc) is 3.40. The Hall–Kier alpha value is -3.49. The van der Waals surface area contributed by atoms with E-state index in [0.29, 0.717) is 24.0 Å². The van der Waals surface area contributed by atoms with Crippen LogP contribution in [-0.4, -0.2) is 36.2 Å². The monoisotopic (exact) mass is 419 g/mol. The van der Waals surface area contributed by atoms with Crippen molar-refractivity contribution in [1.29, 1.82) is 0 Å². The maximum Gasteiger partial charge on any atom is 0.254 e. The molecule has 0 atom stereocenters. The third-order valence-electron chi connectivity index (χ3n) is 4.83. The summed E-state index contributed by atoms with van der Waals surface area (Å²) < 4.78 is 8.87. The van der Waals surface area contributed by atoms with Crippen LogP contribution in [0.2, 0.25) is 5.02 Å². The molecule has 150 valence electrons. The average molecular weight is 420 g/mol. The second-order valence-corrected chi connectivity index (χ2v) is 7.18. The Morgan fingerprint density at radius 2 is 2.00 bits per heavy atom. The molecular weight excluding hydrogens is 402 g/mol. The van der Waals surface area contributed by atoms with Crippen molar-refractivity contribution in [3.63, 3.8) is 0 Å². The third-order valence-corrected chi connectivity index (χ3v) is 5.18. The molecule has 0 fully saturated rings. The van der Waals surface area contributed by atoms with E-state index in [1.807, 2.05) is 59.4 Å². The van der Waals surface area contributed by atoms with Crippen LogP contribution in [-0.2, 0) is 17.9 Å². The quantitative estimate of drug-likeness (QED) is 0.450. The number of benzene rings is 2. The van der Waals surface area contributed by atoms with Crippen molar-refractivity contribution in [3.8, 4) is 5.69 Å². The summed E-state index contributed by atoms with van der Waals surface area (Å²) in [4.78, 5) is 13.0. The number of anilines is 1. The van der Waals surface area contributed by atoms with Gasteiger partial charge in [-0.2, -0.15) is 14.6 Å². The molecule has 8 nitrogen and oxygen atoms in total. The smallest absolute Gasteiger partial charge is 0.254 e. The number of para-hydroxylation sites is 2. The Bertz CT molecular complexity index is 1340. The number of aromatic nitrogens is 6. The SMILES string of the molecule is COCc1cc(NCc2ccc(-n3cnc4ccccc43)cc2Cl)n2ncnc2n1. The van der Waals surface area contributed by atoms with Crippen LogP contribution in [0.25, 0.3) is 22.5 Å². The summed E-state index contributed by atoms with van der Waals surface area (Å²) in [6, 6.07) is 15.9. The fraction of sp³-hybridized carbons (Fsp3) is 0.143. The Morgan fingerprint density at radius 1 is 1.10 bits per heavy atom. The molecule has 0 aliphatic carbocycles. The van der Waals surface area contributed by atoms with E-state index in [1.165, 1.54) is 6.33 Å². The number of ether oxygens (including phenoxy) is 1. The molecule has 0 unspecified atom stereocenters. The summed E-state index contributed by atoms with van der Waals surface area (Å²) in [5, 5.41) is 8.27. The second kappa shape index (κ2) is 7.74. The lowest BCUT2D eigenvalue weighted by Crippen LogP contribution is -2.08. The molecule has 0 amide bonds. The van der Waals surface area contributed by atoms with Gasteiger partial charge in [-0.1, -0.05) is 29.8 Å². The molecule has 0 spiro atoms. The van der Waals surface area contributed by atoms with Crippen molar-refractivity contribution in [1.82, 2.24) is 29.1 Å². The lowest BCUT2D eigenvalue weighted by Gasteiger charge is -2.12. The molecule has 5 aromatic rings. The van der Waals surface area contributed by atoms with Crippen LogP contribution in [0, 0.1) is 0 Å². The van der Waals surface area contributed by atoms with Gasteiger partial charge in [-0.15, -0.1) is 0 Å². The van der Waals surface area contributed by atoms with Gasteiger partial charge in [-0.05, 0) is 29.8 Å². The molecule has 30 heavy (non-hydrogen) atoms. The van der Waals surface area contributed by atoms with E-state index < -0.39 is 0 Å². The molecule has 3 aromatic heterocycles. The van der Waals surface area contributed by atoms with E-state index in [1.54, 1.807) is 11.6 Å². The highest BCUT2D eigenvalue weighted by Gasteiger charge is 2.10. The normalized spacial score (nSPS) is 11.4. The fourth-order valence-corrected chi connectivity index (χ4v) is 3.63. The van der Waals surface area contributed by atoms with E-state index in [2.05, 4.69) is 25.4 Å². The van der Waals surface area contributed by atoms with E-state index in [-0.39, 0.29) is 0 Å². The Labute approximate surface area is 177 Å². The number of nitrogens with one attached hydrogen (secondary N) is 1. The highest BCUT2D eigenvalue weighted by Crippen LogP contribution is 2.24. The van der Waals surface area contributed by atoms with Crippen LogP contribution in [0.15, 0.2) is 61.2 Å². The Morgan fingerprint density at radius 3 is 2.87 bits per heavy atom. The number of imidazole rings is 1. The van der Waals surface area contributed by atoms with Crippen molar-refractivity contribution in [2.45, 2.75) is 13.2 Å². The first-order chi connectivity index (χ1) is 14.7. The zero-order chi connectivity index (χ0) is 20.5. The minimum Gasteiger partial charge on any atom is -0.378 e. The predicted molar refractivity (Wildman–Crippen MR) is 115 cm³/mol. The molecule has 9 heteroatoms. The van der Waals surface area contributed by atoms with Crippen LogP contribution >= 0.6 is 11.6 Å². The summed E-state index contributed by atoms with van der Waals surface area (Å²) in [6.45, 7) is 0.918. The predicted octanol–water partition coefficient (Wildman–Crippen LogP) is 3.88. The first-order valence-electron chi connectivity index (χ1n) is 9.36. The molecule has 0 saturated carbocycles. The zero-order valence-electron chi connectivity index (χ0n) is 16.2. The van der Waals surface area contributed by atoms with Gasteiger partial charge in [0.1, 0.15) is 18.5 Å². The number of fused-ring (bicyclic) bond motifs is 2. The minimum atomic E-state index is 0.395. The molecule has 0 saturated heterocycles. The third kappa shape index (κ3) is 3.36. The molecule has 1 N–H and O–H groups in total.